The molecule has 0 saturated heterocycles. The Morgan fingerprint density at radius 3 is 1.40 bits per heavy atom. The molecule has 3 nitrogen and oxygen atoms in total. The van der Waals surface area contributed by atoms with E-state index in [4.69, 9.17) is 14.0 Å². The number of rotatable bonds is 0. The van der Waals surface area contributed by atoms with Crippen LogP contribution in [0.2, 0.25) is 0 Å². The van der Waals surface area contributed by atoms with E-state index in [1.165, 1.54) is 0 Å². The summed E-state index contributed by atoms with van der Waals surface area (Å²) in [5.74, 6) is 0. The SMILES string of the molecule is [La].[O-][Cl+2]([O-])O. The molecule has 0 aliphatic carbocycles. The van der Waals surface area contributed by atoms with Crippen LogP contribution < -0.4 is 9.32 Å². The third kappa shape index (κ3) is 32.6. The van der Waals surface area contributed by atoms with Crippen LogP contribution in [0.1, 0.15) is 0 Å². The molecule has 5 heavy (non-hydrogen) atoms. The molecular formula is HClLaO3. The molecule has 1 N–H and O–H groups in total. The van der Waals surface area contributed by atoms with Gasteiger partial charge in [-0.2, -0.15) is 0 Å². The van der Waals surface area contributed by atoms with Crippen molar-refractivity contribution in [2.75, 3.05) is 0 Å². The van der Waals surface area contributed by atoms with Crippen LogP contribution in [0.4, 0.5) is 0 Å². The summed E-state index contributed by atoms with van der Waals surface area (Å²) in [6, 6.07) is 0. The van der Waals surface area contributed by atoms with Crippen LogP contribution in [0.25, 0.3) is 0 Å². The smallest absolute Gasteiger partial charge is 0.282 e. The third-order valence-corrected chi connectivity index (χ3v) is 0. The maximum Gasteiger partial charge on any atom is 0.282 e. The molecule has 0 atom stereocenters. The Balaban J connectivity index is 0. The van der Waals surface area contributed by atoms with Crippen LogP contribution in [-0.4, -0.2) is 4.66 Å². The Bertz CT molecular complexity index is 11.6. The van der Waals surface area contributed by atoms with E-state index in [0.29, 0.717) is 0 Å². The first kappa shape index (κ1) is 9.62. The first-order valence-corrected chi connectivity index (χ1v) is 1.43. The average Bonchev–Trinajstić information content (AvgIpc) is 0.811. The van der Waals surface area contributed by atoms with Crippen molar-refractivity contribution in [3.63, 3.8) is 0 Å². The molecule has 0 spiro atoms. The van der Waals surface area contributed by atoms with Gasteiger partial charge in [-0.25, -0.2) is 0 Å². The van der Waals surface area contributed by atoms with Crippen molar-refractivity contribution < 1.29 is 60.4 Å². The van der Waals surface area contributed by atoms with Crippen molar-refractivity contribution in [2.24, 2.45) is 0 Å². The standard InChI is InChI=1S/ClHO3.La/c2-1(3)4;/h2H;. The van der Waals surface area contributed by atoms with Gasteiger partial charge in [0.25, 0.3) is 10.8 Å². The molecular weight excluding hydrogens is 222 g/mol. The number of halogens is 1. The summed E-state index contributed by atoms with van der Waals surface area (Å²) in [5.41, 5.74) is 0. The van der Waals surface area contributed by atoms with Crippen molar-refractivity contribution in [3.8, 4) is 0 Å². The summed E-state index contributed by atoms with van der Waals surface area (Å²) in [6.07, 6.45) is 0. The Kier molecular flexibility index (Phi) is 10.3. The van der Waals surface area contributed by atoms with E-state index in [1.54, 1.807) is 0 Å². The minimum Gasteiger partial charge on any atom is -0.321 e. The van der Waals surface area contributed by atoms with Gasteiger partial charge in [-0.1, -0.05) is 0 Å². The van der Waals surface area contributed by atoms with Gasteiger partial charge in [0.15, 0.2) is 0 Å². The average molecular weight is 223 g/mol. The van der Waals surface area contributed by atoms with Gasteiger partial charge < -0.3 is 9.32 Å². The van der Waals surface area contributed by atoms with Gasteiger partial charge in [-0.15, -0.1) is 0 Å². The molecule has 1 radical (unpaired) electrons. The summed E-state index contributed by atoms with van der Waals surface area (Å²) < 4.78 is 24.0. The largest absolute Gasteiger partial charge is 0.321 e. The molecule has 5 heteroatoms. The maximum atomic E-state index is 8.52. The summed E-state index contributed by atoms with van der Waals surface area (Å²) in [4.78, 5) is 0. The number of hydrogen-bond donors (Lipinski definition) is 1. The van der Waals surface area contributed by atoms with E-state index >= 15 is 0 Å². The summed E-state index contributed by atoms with van der Waals surface area (Å²) in [5, 5.41) is 0. The molecule has 0 bridgehead atoms. The first-order chi connectivity index (χ1) is 1.73. The van der Waals surface area contributed by atoms with Crippen molar-refractivity contribution >= 4 is 0 Å². The molecule has 0 unspecified atom stereocenters. The first-order valence-electron chi connectivity index (χ1n) is 0.478. The zero-order valence-electron chi connectivity index (χ0n) is 2.22. The molecule has 0 amide bonds. The molecule has 0 aliphatic rings. The Hall–Kier alpha value is 1.36. The van der Waals surface area contributed by atoms with Gasteiger partial charge in [-0.05, 0) is 0 Å². The van der Waals surface area contributed by atoms with Gasteiger partial charge in [0, 0.05) is 40.3 Å². The van der Waals surface area contributed by atoms with E-state index in [-0.39, 0.29) is 35.6 Å². The van der Waals surface area contributed by atoms with Crippen molar-refractivity contribution in [3.05, 3.63) is 0 Å². The second kappa shape index (κ2) is 5.36. The van der Waals surface area contributed by atoms with Gasteiger partial charge >= 0.3 is 0 Å². The molecule has 0 aliphatic heterocycles. The monoisotopic (exact) mass is 223 g/mol. The van der Waals surface area contributed by atoms with Crippen molar-refractivity contribution in [2.45, 2.75) is 0 Å². The van der Waals surface area contributed by atoms with E-state index in [9.17, 15) is 0 Å². The molecule has 0 fully saturated rings. The van der Waals surface area contributed by atoms with E-state index < -0.39 is 10.8 Å². The number of hydrogen-bond acceptors (Lipinski definition) is 3. The van der Waals surface area contributed by atoms with Crippen LogP contribution in [0.3, 0.4) is 0 Å². The van der Waals surface area contributed by atoms with Gasteiger partial charge in [-0.3, -0.25) is 0 Å². The van der Waals surface area contributed by atoms with Crippen LogP contribution >= 0.6 is 0 Å². The van der Waals surface area contributed by atoms with Crippen LogP contribution in [-0.2, 0) is 0 Å². The quantitative estimate of drug-likeness (QED) is 0.478. The fourth-order valence-corrected chi connectivity index (χ4v) is 0. The van der Waals surface area contributed by atoms with E-state index in [1.807, 2.05) is 0 Å². The molecule has 0 aromatic rings. The van der Waals surface area contributed by atoms with Crippen LogP contribution in [0.15, 0.2) is 0 Å². The minimum absolute atomic E-state index is 0. The van der Waals surface area contributed by atoms with Gasteiger partial charge in [0.1, 0.15) is 0 Å². The molecule has 0 rings (SSSR count). The topological polar surface area (TPSA) is 66.3 Å². The maximum absolute atomic E-state index is 8.52. The summed E-state index contributed by atoms with van der Waals surface area (Å²) >= 11 is 0. The van der Waals surface area contributed by atoms with Gasteiger partial charge in [0.2, 0.25) is 0 Å². The fraction of sp³-hybridized carbons (Fsp3) is 0. The normalized spacial score (nSPS) is 7.20. The zero-order valence-corrected chi connectivity index (χ0v) is 6.60. The third-order valence-electron chi connectivity index (χ3n) is 0. The summed E-state index contributed by atoms with van der Waals surface area (Å²) in [6.45, 7) is 0. The second-order valence-electron chi connectivity index (χ2n) is 0.201. The van der Waals surface area contributed by atoms with E-state index in [0.717, 1.165) is 0 Å². The van der Waals surface area contributed by atoms with Crippen molar-refractivity contribution in [1.82, 2.24) is 0 Å². The Labute approximate surface area is 60.0 Å². The zero-order chi connectivity index (χ0) is 3.58. The Morgan fingerprint density at radius 1 is 1.40 bits per heavy atom. The molecule has 29 valence electrons. The second-order valence-corrected chi connectivity index (χ2v) is 0.603. The van der Waals surface area contributed by atoms with Crippen LogP contribution in [0.5, 0.6) is 0 Å². The molecule has 0 aromatic carbocycles. The molecule has 0 saturated carbocycles. The predicted molar refractivity (Wildman–Crippen MR) is 2.22 cm³/mol. The van der Waals surface area contributed by atoms with E-state index in [2.05, 4.69) is 0 Å². The minimum atomic E-state index is -2.60. The summed E-state index contributed by atoms with van der Waals surface area (Å²) in [7, 11) is -2.60. The molecule has 0 aromatic heterocycles. The van der Waals surface area contributed by atoms with Crippen molar-refractivity contribution in [1.29, 1.82) is 0 Å². The Morgan fingerprint density at radius 2 is 1.40 bits per heavy atom. The molecule has 0 heterocycles. The fourth-order valence-electron chi connectivity index (χ4n) is 0. The predicted octanol–water partition coefficient (Wildman–Crippen LogP) is -2.94. The van der Waals surface area contributed by atoms with Crippen LogP contribution in [0, 0.1) is 46.4 Å². The van der Waals surface area contributed by atoms with Gasteiger partial charge in [0.05, 0.1) is 0 Å².